The van der Waals surface area contributed by atoms with Gasteiger partial charge in [-0.05, 0) is 17.7 Å². The van der Waals surface area contributed by atoms with Crippen molar-refractivity contribution in [3.63, 3.8) is 0 Å². The molecule has 15 heavy (non-hydrogen) atoms. The molecule has 0 amide bonds. The van der Waals surface area contributed by atoms with Gasteiger partial charge in [0.05, 0.1) is 5.69 Å². The Kier molecular flexibility index (Phi) is 2.68. The number of carbonyl (C=O) groups is 1. The molecule has 0 unspecified atom stereocenters. The Labute approximate surface area is 89.0 Å². The zero-order valence-corrected chi connectivity index (χ0v) is 8.66. The summed E-state index contributed by atoms with van der Waals surface area (Å²) >= 11 is 0. The number of aromatic amines is 1. The van der Waals surface area contributed by atoms with Crippen LogP contribution in [0, 0.1) is 0 Å². The van der Waals surface area contributed by atoms with Gasteiger partial charge in [0.2, 0.25) is 0 Å². The van der Waals surface area contributed by atoms with Crippen LogP contribution in [0.1, 0.15) is 28.7 Å². The van der Waals surface area contributed by atoms with E-state index in [9.17, 15) is 4.79 Å². The fourth-order valence-electron chi connectivity index (χ4n) is 1.56. The highest BCUT2D eigenvalue weighted by molar-refractivity contribution is 5.92. The third kappa shape index (κ3) is 2.34. The summed E-state index contributed by atoms with van der Waals surface area (Å²) in [6.07, 6.45) is 0.841. The molecule has 0 bridgehead atoms. The molecule has 2 nitrogen and oxygen atoms in total. The summed E-state index contributed by atoms with van der Waals surface area (Å²) in [7, 11) is 0. The average Bonchev–Trinajstić information content (AvgIpc) is 2.68. The van der Waals surface area contributed by atoms with Crippen molar-refractivity contribution in [3.05, 3.63) is 59.4 Å². The van der Waals surface area contributed by atoms with Crippen LogP contribution in [-0.4, -0.2) is 10.8 Å². The summed E-state index contributed by atoms with van der Waals surface area (Å²) in [4.78, 5) is 14.2. The Morgan fingerprint density at radius 3 is 2.47 bits per heavy atom. The van der Waals surface area contributed by atoms with E-state index in [1.54, 1.807) is 6.92 Å². The Morgan fingerprint density at radius 1 is 1.13 bits per heavy atom. The molecule has 2 aromatic rings. The summed E-state index contributed by atoms with van der Waals surface area (Å²) in [6, 6.07) is 14.0. The summed E-state index contributed by atoms with van der Waals surface area (Å²) in [5.74, 6) is 0.0781. The molecule has 0 aliphatic rings. The molecule has 1 aromatic carbocycles. The molecule has 0 aliphatic heterocycles. The molecule has 0 saturated carbocycles. The highest BCUT2D eigenvalue weighted by Crippen LogP contribution is 2.09. The van der Waals surface area contributed by atoms with Crippen molar-refractivity contribution in [1.29, 1.82) is 0 Å². The predicted octanol–water partition coefficient (Wildman–Crippen LogP) is 2.81. The molecular weight excluding hydrogens is 186 g/mol. The van der Waals surface area contributed by atoms with Crippen LogP contribution < -0.4 is 0 Å². The minimum absolute atomic E-state index is 0.0781. The molecule has 0 fully saturated rings. The first-order chi connectivity index (χ1) is 7.25. The molecule has 0 atom stereocenters. The lowest BCUT2D eigenvalue weighted by Gasteiger charge is -1.98. The number of rotatable bonds is 3. The first-order valence-electron chi connectivity index (χ1n) is 4.98. The van der Waals surface area contributed by atoms with E-state index in [0.717, 1.165) is 12.1 Å². The van der Waals surface area contributed by atoms with Crippen LogP contribution in [0.2, 0.25) is 0 Å². The Balaban J connectivity index is 2.15. The number of hydrogen-bond donors (Lipinski definition) is 1. The van der Waals surface area contributed by atoms with Gasteiger partial charge in [-0.1, -0.05) is 30.3 Å². The minimum atomic E-state index is 0.0781. The van der Waals surface area contributed by atoms with Gasteiger partial charge in [-0.15, -0.1) is 0 Å². The molecule has 76 valence electrons. The first-order valence-corrected chi connectivity index (χ1v) is 4.98. The normalized spacial score (nSPS) is 10.2. The Hall–Kier alpha value is -1.83. The highest BCUT2D eigenvalue weighted by Gasteiger charge is 2.03. The summed E-state index contributed by atoms with van der Waals surface area (Å²) in [5, 5.41) is 0. The van der Waals surface area contributed by atoms with Crippen molar-refractivity contribution in [2.75, 3.05) is 0 Å². The van der Waals surface area contributed by atoms with Crippen LogP contribution in [0.5, 0.6) is 0 Å². The number of carbonyl (C=O) groups excluding carboxylic acids is 1. The lowest BCUT2D eigenvalue weighted by atomic mass is 10.1. The van der Waals surface area contributed by atoms with E-state index >= 15 is 0 Å². The molecular formula is C13H13NO. The second-order valence-electron chi connectivity index (χ2n) is 3.62. The van der Waals surface area contributed by atoms with Crippen LogP contribution in [0.15, 0.2) is 42.5 Å². The van der Waals surface area contributed by atoms with Crippen LogP contribution in [0.25, 0.3) is 0 Å². The Bertz CT molecular complexity index is 456. The van der Waals surface area contributed by atoms with Crippen molar-refractivity contribution in [2.45, 2.75) is 13.3 Å². The van der Waals surface area contributed by atoms with Gasteiger partial charge in [-0.3, -0.25) is 4.79 Å². The van der Waals surface area contributed by atoms with Crippen LogP contribution in [0.4, 0.5) is 0 Å². The van der Waals surface area contributed by atoms with E-state index in [1.165, 1.54) is 5.56 Å². The molecule has 0 spiro atoms. The third-order valence-electron chi connectivity index (χ3n) is 2.36. The maximum Gasteiger partial charge on any atom is 0.175 e. The van der Waals surface area contributed by atoms with Gasteiger partial charge < -0.3 is 4.98 Å². The van der Waals surface area contributed by atoms with E-state index in [2.05, 4.69) is 17.1 Å². The number of nitrogens with one attached hydrogen (secondary N) is 1. The van der Waals surface area contributed by atoms with Crippen molar-refractivity contribution in [1.82, 2.24) is 4.98 Å². The molecule has 1 N–H and O–H groups in total. The van der Waals surface area contributed by atoms with Gasteiger partial charge in [0.1, 0.15) is 0 Å². The number of H-pyrrole nitrogens is 1. The smallest absolute Gasteiger partial charge is 0.175 e. The van der Waals surface area contributed by atoms with E-state index in [0.29, 0.717) is 5.69 Å². The van der Waals surface area contributed by atoms with Crippen molar-refractivity contribution >= 4 is 5.78 Å². The van der Waals surface area contributed by atoms with Gasteiger partial charge in [0, 0.05) is 19.0 Å². The van der Waals surface area contributed by atoms with E-state index < -0.39 is 0 Å². The van der Waals surface area contributed by atoms with Crippen molar-refractivity contribution in [3.8, 4) is 0 Å². The van der Waals surface area contributed by atoms with Crippen molar-refractivity contribution < 1.29 is 4.79 Å². The van der Waals surface area contributed by atoms with Crippen LogP contribution >= 0.6 is 0 Å². The molecule has 1 aromatic heterocycles. The number of Topliss-reactive ketones (excluding diaryl/α,β-unsaturated/α-hetero) is 1. The number of hydrogen-bond acceptors (Lipinski definition) is 1. The molecule has 0 aliphatic carbocycles. The zero-order chi connectivity index (χ0) is 10.7. The van der Waals surface area contributed by atoms with Gasteiger partial charge in [-0.2, -0.15) is 0 Å². The van der Waals surface area contributed by atoms with Gasteiger partial charge in [-0.25, -0.2) is 0 Å². The predicted molar refractivity (Wildman–Crippen MR) is 60.0 cm³/mol. The maximum absolute atomic E-state index is 11.1. The Morgan fingerprint density at radius 2 is 1.87 bits per heavy atom. The molecule has 2 heteroatoms. The fraction of sp³-hybridized carbons (Fsp3) is 0.154. The molecule has 0 radical (unpaired) electrons. The number of aromatic nitrogens is 1. The minimum Gasteiger partial charge on any atom is -0.356 e. The monoisotopic (exact) mass is 199 g/mol. The molecule has 0 saturated heterocycles. The maximum atomic E-state index is 11.1. The third-order valence-corrected chi connectivity index (χ3v) is 2.36. The van der Waals surface area contributed by atoms with Gasteiger partial charge in [0.15, 0.2) is 5.78 Å². The van der Waals surface area contributed by atoms with E-state index in [1.807, 2.05) is 30.3 Å². The second kappa shape index (κ2) is 4.13. The van der Waals surface area contributed by atoms with Gasteiger partial charge in [0.25, 0.3) is 0 Å². The molecule has 2 rings (SSSR count). The number of ketones is 1. The highest BCUT2D eigenvalue weighted by atomic mass is 16.1. The van der Waals surface area contributed by atoms with Crippen LogP contribution in [-0.2, 0) is 6.42 Å². The summed E-state index contributed by atoms with van der Waals surface area (Å²) in [5.41, 5.74) is 3.00. The quantitative estimate of drug-likeness (QED) is 0.757. The number of benzene rings is 1. The fourth-order valence-corrected chi connectivity index (χ4v) is 1.56. The summed E-state index contributed by atoms with van der Waals surface area (Å²) in [6.45, 7) is 1.57. The lowest BCUT2D eigenvalue weighted by Crippen LogP contribution is -1.93. The second-order valence-corrected chi connectivity index (χ2v) is 3.62. The average molecular weight is 199 g/mol. The largest absolute Gasteiger partial charge is 0.356 e. The van der Waals surface area contributed by atoms with E-state index in [4.69, 9.17) is 0 Å². The van der Waals surface area contributed by atoms with Gasteiger partial charge >= 0.3 is 0 Å². The van der Waals surface area contributed by atoms with Crippen LogP contribution in [0.3, 0.4) is 0 Å². The standard InChI is InChI=1S/C13H13NO/c1-10(15)13-8-7-12(14-13)9-11-5-3-2-4-6-11/h2-8,14H,9H2,1H3. The SMILES string of the molecule is CC(=O)c1ccc(Cc2ccccc2)[nH]1. The first kappa shape index (κ1) is 9.71. The topological polar surface area (TPSA) is 32.9 Å². The zero-order valence-electron chi connectivity index (χ0n) is 8.66. The lowest BCUT2D eigenvalue weighted by molar-refractivity contribution is 0.101. The molecule has 1 heterocycles. The summed E-state index contributed by atoms with van der Waals surface area (Å²) < 4.78 is 0. The van der Waals surface area contributed by atoms with E-state index in [-0.39, 0.29) is 5.78 Å². The van der Waals surface area contributed by atoms with Crippen molar-refractivity contribution in [2.24, 2.45) is 0 Å².